The molecule has 1 aromatic carbocycles. The van der Waals surface area contributed by atoms with Crippen LogP contribution < -0.4 is 19.6 Å². The lowest BCUT2D eigenvalue weighted by Crippen LogP contribution is -2.43. The second-order valence-electron chi connectivity index (χ2n) is 7.32. The maximum atomic E-state index is 13.6. The van der Waals surface area contributed by atoms with Crippen LogP contribution in [0.2, 0.25) is 0 Å². The van der Waals surface area contributed by atoms with Crippen molar-refractivity contribution in [3.8, 4) is 5.75 Å². The number of fused-ring (bicyclic) bond motifs is 1. The number of nitrogens with zero attached hydrogens (tertiary/aromatic N) is 3. The average Bonchev–Trinajstić information content (AvgIpc) is 3.41. The van der Waals surface area contributed by atoms with E-state index in [-0.39, 0.29) is 11.5 Å². The van der Waals surface area contributed by atoms with Crippen molar-refractivity contribution >= 4 is 34.7 Å². The van der Waals surface area contributed by atoms with Gasteiger partial charge in [0, 0.05) is 23.5 Å². The molecule has 0 unspecified atom stereocenters. The molecule has 0 N–H and O–H groups in total. The maximum absolute atomic E-state index is 13.6. The molecule has 0 spiro atoms. The van der Waals surface area contributed by atoms with Crippen LogP contribution >= 0.6 is 22.7 Å². The van der Waals surface area contributed by atoms with Crippen LogP contribution in [0.3, 0.4) is 0 Å². The van der Waals surface area contributed by atoms with Crippen LogP contribution in [-0.2, 0) is 4.79 Å². The molecule has 1 aliphatic heterocycles. The van der Waals surface area contributed by atoms with E-state index < -0.39 is 6.04 Å². The molecule has 1 amide bonds. The summed E-state index contributed by atoms with van der Waals surface area (Å²) >= 11 is 2.92. The summed E-state index contributed by atoms with van der Waals surface area (Å²) in [6.07, 6.45) is 1.89. The van der Waals surface area contributed by atoms with E-state index in [1.54, 1.807) is 27.9 Å². The fourth-order valence-corrected chi connectivity index (χ4v) is 5.73. The number of carbonyl (C=O) groups is 1. The number of likely N-dealkylation sites (N-methyl/N-ethyl adjacent to an activating group) is 1. The summed E-state index contributed by atoms with van der Waals surface area (Å²) in [6, 6.07) is 10.9. The Morgan fingerprint density at radius 2 is 1.97 bits per heavy atom. The van der Waals surface area contributed by atoms with Gasteiger partial charge in [0.05, 0.1) is 22.9 Å². The number of methoxy groups -OCH3 is 1. The Morgan fingerprint density at radius 3 is 2.62 bits per heavy atom. The molecule has 6 nitrogen and oxygen atoms in total. The second-order valence-corrected chi connectivity index (χ2v) is 9.30. The molecule has 2 aromatic heterocycles. The minimum absolute atomic E-state index is 0.111. The maximum Gasteiger partial charge on any atom is 0.271 e. The number of para-hydroxylation sites is 1. The summed E-state index contributed by atoms with van der Waals surface area (Å²) in [5.74, 6) is 0.518. The largest absolute Gasteiger partial charge is 0.496 e. The Hall–Kier alpha value is -2.97. The fraction of sp³-hybridized carbons (Fsp3) is 0.292. The lowest BCUT2D eigenvalue weighted by atomic mass is 9.94. The first-order valence-corrected chi connectivity index (χ1v) is 12.2. The number of rotatable bonds is 6. The average molecular weight is 468 g/mol. The highest BCUT2D eigenvalue weighted by molar-refractivity contribution is 7.11. The van der Waals surface area contributed by atoms with Crippen molar-refractivity contribution in [3.05, 3.63) is 83.2 Å². The van der Waals surface area contributed by atoms with Crippen LogP contribution in [0, 0.1) is 0 Å². The molecule has 166 valence electrons. The second kappa shape index (κ2) is 9.26. The zero-order valence-electron chi connectivity index (χ0n) is 18.5. The van der Waals surface area contributed by atoms with Crippen LogP contribution in [-0.4, -0.2) is 35.6 Å². The predicted octanol–water partition coefficient (Wildman–Crippen LogP) is 3.17. The summed E-state index contributed by atoms with van der Waals surface area (Å²) < 4.78 is 7.86. The summed E-state index contributed by atoms with van der Waals surface area (Å²) in [7, 11) is 1.60. The number of ether oxygens (including phenoxy) is 1. The highest BCUT2D eigenvalue weighted by atomic mass is 32.1. The molecule has 1 aliphatic rings. The number of hydrogen-bond acceptors (Lipinski definition) is 6. The molecular formula is C24H25N3O3S2. The van der Waals surface area contributed by atoms with E-state index in [0.717, 1.165) is 10.4 Å². The van der Waals surface area contributed by atoms with Gasteiger partial charge in [-0.05, 0) is 44.4 Å². The number of hydrogen-bond donors (Lipinski definition) is 0. The highest BCUT2D eigenvalue weighted by Gasteiger charge is 2.35. The Balaban J connectivity index is 2.01. The van der Waals surface area contributed by atoms with Gasteiger partial charge in [0.15, 0.2) is 4.80 Å². The van der Waals surface area contributed by atoms with Gasteiger partial charge in [-0.1, -0.05) is 35.6 Å². The lowest BCUT2D eigenvalue weighted by molar-refractivity contribution is -0.127. The number of thiophene rings is 1. The normalized spacial score (nSPS) is 16.0. The van der Waals surface area contributed by atoms with E-state index in [1.807, 2.05) is 68.6 Å². The number of aromatic nitrogens is 1. The van der Waals surface area contributed by atoms with E-state index in [9.17, 15) is 9.59 Å². The quantitative estimate of drug-likeness (QED) is 0.559. The van der Waals surface area contributed by atoms with Crippen molar-refractivity contribution < 1.29 is 9.53 Å². The van der Waals surface area contributed by atoms with E-state index in [0.29, 0.717) is 39.4 Å². The lowest BCUT2D eigenvalue weighted by Gasteiger charge is -2.29. The van der Waals surface area contributed by atoms with Crippen LogP contribution in [0.1, 0.15) is 37.3 Å². The molecule has 3 heterocycles. The van der Waals surface area contributed by atoms with E-state index in [4.69, 9.17) is 9.73 Å². The topological polar surface area (TPSA) is 63.9 Å². The van der Waals surface area contributed by atoms with Gasteiger partial charge in [0.25, 0.3) is 11.5 Å². The summed E-state index contributed by atoms with van der Waals surface area (Å²) in [5.41, 5.74) is 1.74. The van der Waals surface area contributed by atoms with Crippen molar-refractivity contribution in [2.24, 2.45) is 4.99 Å². The number of allylic oxidation sites excluding steroid dienone is 1. The highest BCUT2D eigenvalue weighted by Crippen LogP contribution is 2.35. The molecule has 0 aliphatic carbocycles. The number of benzene rings is 1. The van der Waals surface area contributed by atoms with Gasteiger partial charge < -0.3 is 9.64 Å². The molecule has 8 heteroatoms. The third-order valence-corrected chi connectivity index (χ3v) is 7.36. The van der Waals surface area contributed by atoms with Gasteiger partial charge in [0.1, 0.15) is 11.8 Å². The van der Waals surface area contributed by atoms with E-state index in [2.05, 4.69) is 0 Å². The minimum atomic E-state index is -0.610. The molecular weight excluding hydrogens is 442 g/mol. The first-order valence-electron chi connectivity index (χ1n) is 10.5. The predicted molar refractivity (Wildman–Crippen MR) is 129 cm³/mol. The summed E-state index contributed by atoms with van der Waals surface area (Å²) in [6.45, 7) is 6.90. The first-order chi connectivity index (χ1) is 15.5. The standard InChI is InChI=1S/C24H25N3O3S2/c1-5-26(6-2)23(29)20-15(3)25-24-27(21(20)17-11-7-8-12-18(17)30-4)22(28)19(32-24)14-16-10-9-13-31-16/h7-14,21H,5-6H2,1-4H3/b19-14+/t21-/m0/s1. The number of amides is 1. The first kappa shape index (κ1) is 22.2. The molecule has 0 fully saturated rings. The van der Waals surface area contributed by atoms with Crippen molar-refractivity contribution in [2.75, 3.05) is 20.2 Å². The van der Waals surface area contributed by atoms with Crippen molar-refractivity contribution in [1.29, 1.82) is 0 Å². The fourth-order valence-electron chi connectivity index (χ4n) is 3.97. The number of thiazole rings is 1. The van der Waals surface area contributed by atoms with Crippen LogP contribution in [0.15, 0.2) is 62.8 Å². The molecule has 1 atom stereocenters. The Labute approximate surface area is 194 Å². The molecule has 4 rings (SSSR count). The van der Waals surface area contributed by atoms with Crippen molar-refractivity contribution in [3.63, 3.8) is 0 Å². The summed E-state index contributed by atoms with van der Waals surface area (Å²) in [5, 5.41) is 1.98. The minimum Gasteiger partial charge on any atom is -0.496 e. The van der Waals surface area contributed by atoms with Crippen molar-refractivity contribution in [1.82, 2.24) is 9.47 Å². The van der Waals surface area contributed by atoms with E-state index in [1.165, 1.54) is 11.3 Å². The Kier molecular flexibility index (Phi) is 6.43. The van der Waals surface area contributed by atoms with Crippen LogP contribution in [0.5, 0.6) is 5.75 Å². The zero-order valence-corrected chi connectivity index (χ0v) is 20.1. The third-order valence-electron chi connectivity index (χ3n) is 5.55. The molecule has 0 radical (unpaired) electrons. The van der Waals surface area contributed by atoms with Crippen molar-refractivity contribution in [2.45, 2.75) is 26.8 Å². The number of carbonyl (C=O) groups excluding carboxylic acids is 1. The Bertz CT molecular complexity index is 1350. The summed E-state index contributed by atoms with van der Waals surface area (Å²) in [4.78, 5) is 35.2. The van der Waals surface area contributed by atoms with Gasteiger partial charge in [-0.3, -0.25) is 14.2 Å². The Morgan fingerprint density at radius 1 is 1.22 bits per heavy atom. The van der Waals surface area contributed by atoms with Gasteiger partial charge in [-0.2, -0.15) is 0 Å². The molecule has 0 saturated carbocycles. The molecule has 0 bridgehead atoms. The van der Waals surface area contributed by atoms with Crippen LogP contribution in [0.25, 0.3) is 6.08 Å². The zero-order chi connectivity index (χ0) is 22.8. The van der Waals surface area contributed by atoms with Gasteiger partial charge >= 0.3 is 0 Å². The smallest absolute Gasteiger partial charge is 0.271 e. The van der Waals surface area contributed by atoms with Crippen LogP contribution in [0.4, 0.5) is 0 Å². The monoisotopic (exact) mass is 467 g/mol. The third kappa shape index (κ3) is 3.84. The SMILES string of the molecule is CCN(CC)C(=O)C1=C(C)N=c2s/c(=C/c3cccs3)c(=O)n2[C@H]1c1ccccc1OC. The molecule has 32 heavy (non-hydrogen) atoms. The molecule has 0 saturated heterocycles. The van der Waals surface area contributed by atoms with E-state index >= 15 is 0 Å². The van der Waals surface area contributed by atoms with Gasteiger partial charge in [-0.25, -0.2) is 4.99 Å². The molecule has 3 aromatic rings. The van der Waals surface area contributed by atoms with Gasteiger partial charge in [-0.15, -0.1) is 11.3 Å². The van der Waals surface area contributed by atoms with Gasteiger partial charge in [0.2, 0.25) is 0 Å².